The van der Waals surface area contributed by atoms with Gasteiger partial charge in [0.2, 0.25) is 0 Å². The molecule has 0 aromatic heterocycles. The van der Waals surface area contributed by atoms with Crippen LogP contribution in [0.5, 0.6) is 0 Å². The molecule has 1 fully saturated rings. The summed E-state index contributed by atoms with van der Waals surface area (Å²) >= 11 is 0. The normalized spacial score (nSPS) is 25.9. The quantitative estimate of drug-likeness (QED) is 0.400. The molecular weight excluding hydrogens is 196 g/mol. The fourth-order valence-corrected chi connectivity index (χ4v) is 4.49. The van der Waals surface area contributed by atoms with Gasteiger partial charge in [0.05, 0.1) is 6.61 Å². The first kappa shape index (κ1) is 11.4. The first-order chi connectivity index (χ1) is 6.46. The van der Waals surface area contributed by atoms with Crippen LogP contribution in [0.1, 0.15) is 13.3 Å². The van der Waals surface area contributed by atoms with Gasteiger partial charge in [-0.3, -0.25) is 9.59 Å². The molecule has 0 aromatic rings. The van der Waals surface area contributed by atoms with E-state index in [2.05, 4.69) is 13.1 Å². The Hall–Kier alpha value is -0.643. The highest BCUT2D eigenvalue weighted by molar-refractivity contribution is 6.78. The lowest BCUT2D eigenvalue weighted by atomic mass is 10.0. The average Bonchev–Trinajstić information content (AvgIpc) is 2.10. The predicted molar refractivity (Wildman–Crippen MR) is 56.8 cm³/mol. The maximum Gasteiger partial charge on any atom is 0.316 e. The Morgan fingerprint density at radius 2 is 2.21 bits per heavy atom. The van der Waals surface area contributed by atoms with Gasteiger partial charge >= 0.3 is 5.97 Å². The van der Waals surface area contributed by atoms with Crippen molar-refractivity contribution in [3.8, 4) is 0 Å². The van der Waals surface area contributed by atoms with Crippen molar-refractivity contribution >= 4 is 19.8 Å². The van der Waals surface area contributed by atoms with Crippen LogP contribution in [0.4, 0.5) is 0 Å². The lowest BCUT2D eigenvalue weighted by molar-refractivity contribution is -0.151. The van der Waals surface area contributed by atoms with Crippen LogP contribution < -0.4 is 0 Å². The van der Waals surface area contributed by atoms with E-state index in [4.69, 9.17) is 4.74 Å². The van der Waals surface area contributed by atoms with Crippen LogP contribution in [-0.2, 0) is 14.3 Å². The zero-order valence-corrected chi connectivity index (χ0v) is 10.1. The van der Waals surface area contributed by atoms with E-state index in [1.807, 2.05) is 0 Å². The monoisotopic (exact) mass is 214 g/mol. The van der Waals surface area contributed by atoms with Gasteiger partial charge in [-0.05, 0) is 13.0 Å². The van der Waals surface area contributed by atoms with Gasteiger partial charge in [-0.1, -0.05) is 19.1 Å². The summed E-state index contributed by atoms with van der Waals surface area (Å²) in [5, 5.41) is 0. The summed E-state index contributed by atoms with van der Waals surface area (Å²) in [5.41, 5.74) is 0. The Kier molecular flexibility index (Phi) is 3.47. The maximum absolute atomic E-state index is 11.5. The first-order valence-electron chi connectivity index (χ1n) is 5.15. The average molecular weight is 214 g/mol. The fourth-order valence-electron chi connectivity index (χ4n) is 1.86. The van der Waals surface area contributed by atoms with Gasteiger partial charge in [0.1, 0.15) is 11.7 Å². The van der Waals surface area contributed by atoms with Gasteiger partial charge in [0, 0.05) is 14.5 Å². The minimum Gasteiger partial charge on any atom is -0.465 e. The highest BCUT2D eigenvalue weighted by Gasteiger charge is 2.39. The van der Waals surface area contributed by atoms with E-state index in [-0.39, 0.29) is 11.8 Å². The van der Waals surface area contributed by atoms with E-state index in [1.54, 1.807) is 6.92 Å². The number of ketones is 1. The second-order valence-electron chi connectivity index (χ2n) is 4.64. The Morgan fingerprint density at radius 1 is 1.57 bits per heavy atom. The lowest BCUT2D eigenvalue weighted by Crippen LogP contribution is -2.41. The molecular formula is C10H18O3Si. The summed E-state index contributed by atoms with van der Waals surface area (Å²) in [7, 11) is -1.31. The Morgan fingerprint density at radius 3 is 2.79 bits per heavy atom. The van der Waals surface area contributed by atoms with Crippen LogP contribution in [0.15, 0.2) is 0 Å². The van der Waals surface area contributed by atoms with Gasteiger partial charge in [0.15, 0.2) is 0 Å². The maximum atomic E-state index is 11.5. The van der Waals surface area contributed by atoms with Crippen molar-refractivity contribution in [2.24, 2.45) is 5.92 Å². The van der Waals surface area contributed by atoms with E-state index < -0.39 is 14.0 Å². The molecule has 80 valence electrons. The summed E-state index contributed by atoms with van der Waals surface area (Å²) in [6.45, 7) is 6.59. The molecule has 0 spiro atoms. The number of carbonyl (C=O) groups is 2. The molecule has 14 heavy (non-hydrogen) atoms. The third-order valence-corrected chi connectivity index (χ3v) is 5.88. The highest BCUT2D eigenvalue weighted by Crippen LogP contribution is 2.31. The van der Waals surface area contributed by atoms with Gasteiger partial charge in [-0.15, -0.1) is 0 Å². The van der Waals surface area contributed by atoms with Crippen LogP contribution in [-0.4, -0.2) is 26.4 Å². The van der Waals surface area contributed by atoms with Crippen molar-refractivity contribution in [2.75, 3.05) is 6.61 Å². The highest BCUT2D eigenvalue weighted by atomic mass is 28.3. The molecule has 1 aliphatic rings. The number of ether oxygens (including phenoxy) is 1. The summed E-state index contributed by atoms with van der Waals surface area (Å²) < 4.78 is 4.91. The SMILES string of the molecule is CCOC(=O)C1C[Si](C)(C)CCC1=O. The zero-order valence-electron chi connectivity index (χ0n) is 9.13. The fraction of sp³-hybridized carbons (Fsp3) is 0.800. The Labute approximate surface area is 85.8 Å². The lowest BCUT2D eigenvalue weighted by Gasteiger charge is -2.31. The molecule has 0 bridgehead atoms. The summed E-state index contributed by atoms with van der Waals surface area (Å²) in [6, 6.07) is 1.78. The standard InChI is InChI=1S/C10H18O3Si/c1-4-13-10(12)8-7-14(2,3)6-5-9(8)11/h8H,4-7H2,1-3H3. The topological polar surface area (TPSA) is 43.4 Å². The largest absolute Gasteiger partial charge is 0.465 e. The number of Topliss-reactive ketones (excluding diaryl/α,β-unsaturated/α-hetero) is 1. The smallest absolute Gasteiger partial charge is 0.316 e. The first-order valence-corrected chi connectivity index (χ1v) is 8.57. The molecule has 1 aliphatic heterocycles. The number of hydrogen-bond acceptors (Lipinski definition) is 3. The van der Waals surface area contributed by atoms with Gasteiger partial charge in [-0.2, -0.15) is 0 Å². The molecule has 3 nitrogen and oxygen atoms in total. The minimum absolute atomic E-state index is 0.0790. The van der Waals surface area contributed by atoms with Crippen molar-refractivity contribution < 1.29 is 14.3 Å². The number of esters is 1. The number of carbonyl (C=O) groups excluding carboxylic acids is 2. The van der Waals surface area contributed by atoms with Crippen LogP contribution in [0.2, 0.25) is 25.2 Å². The minimum atomic E-state index is -1.31. The van der Waals surface area contributed by atoms with Crippen molar-refractivity contribution in [1.29, 1.82) is 0 Å². The molecule has 0 saturated carbocycles. The zero-order chi connectivity index (χ0) is 10.8. The van der Waals surface area contributed by atoms with Crippen molar-refractivity contribution in [2.45, 2.75) is 38.5 Å². The summed E-state index contributed by atoms with van der Waals surface area (Å²) in [6.07, 6.45) is 0.572. The van der Waals surface area contributed by atoms with Crippen molar-refractivity contribution in [3.63, 3.8) is 0 Å². The van der Waals surface area contributed by atoms with E-state index in [1.165, 1.54) is 0 Å². The van der Waals surface area contributed by atoms with Gasteiger partial charge < -0.3 is 4.74 Å². The predicted octanol–water partition coefficient (Wildman–Crippen LogP) is 1.85. The Bertz CT molecular complexity index is 248. The van der Waals surface area contributed by atoms with E-state index in [0.717, 1.165) is 12.1 Å². The number of rotatable bonds is 2. The molecule has 1 saturated heterocycles. The van der Waals surface area contributed by atoms with E-state index in [0.29, 0.717) is 13.0 Å². The Balaban J connectivity index is 2.66. The van der Waals surface area contributed by atoms with Crippen molar-refractivity contribution in [1.82, 2.24) is 0 Å². The number of hydrogen-bond donors (Lipinski definition) is 0. The molecule has 4 heteroatoms. The molecule has 1 atom stereocenters. The van der Waals surface area contributed by atoms with Crippen molar-refractivity contribution in [3.05, 3.63) is 0 Å². The van der Waals surface area contributed by atoms with E-state index in [9.17, 15) is 9.59 Å². The molecule has 0 aliphatic carbocycles. The van der Waals surface area contributed by atoms with Crippen LogP contribution in [0.25, 0.3) is 0 Å². The summed E-state index contributed by atoms with van der Waals surface area (Å²) in [4.78, 5) is 23.0. The van der Waals surface area contributed by atoms with Gasteiger partial charge in [0.25, 0.3) is 0 Å². The summed E-state index contributed by atoms with van der Waals surface area (Å²) in [5.74, 6) is -0.682. The molecule has 0 aromatic carbocycles. The van der Waals surface area contributed by atoms with Gasteiger partial charge in [-0.25, -0.2) is 0 Å². The van der Waals surface area contributed by atoms with Crippen LogP contribution in [0, 0.1) is 5.92 Å². The van der Waals surface area contributed by atoms with E-state index >= 15 is 0 Å². The molecule has 1 heterocycles. The second-order valence-corrected chi connectivity index (χ2v) is 9.88. The molecule has 1 unspecified atom stereocenters. The van der Waals surface area contributed by atoms with Crippen LogP contribution in [0.3, 0.4) is 0 Å². The second kappa shape index (κ2) is 4.25. The molecule has 0 N–H and O–H groups in total. The molecule has 0 radical (unpaired) electrons. The van der Waals surface area contributed by atoms with Crippen LogP contribution >= 0.6 is 0 Å². The molecule has 1 rings (SSSR count). The third kappa shape index (κ3) is 2.67. The molecule has 0 amide bonds. The third-order valence-electron chi connectivity index (χ3n) is 2.76.